The van der Waals surface area contributed by atoms with Gasteiger partial charge in [-0.15, -0.1) is 22.7 Å². The Labute approximate surface area is 213 Å². The van der Waals surface area contributed by atoms with Crippen LogP contribution in [-0.4, -0.2) is 23.0 Å². The number of nitrogen functional groups attached to an aromatic ring is 1. The van der Waals surface area contributed by atoms with Gasteiger partial charge in [0.2, 0.25) is 0 Å². The van der Waals surface area contributed by atoms with Gasteiger partial charge in [-0.2, -0.15) is 0 Å². The van der Waals surface area contributed by atoms with E-state index in [0.717, 1.165) is 45.2 Å². The molecule has 0 bridgehead atoms. The van der Waals surface area contributed by atoms with Crippen LogP contribution in [0, 0.1) is 0 Å². The number of thiophene rings is 2. The summed E-state index contributed by atoms with van der Waals surface area (Å²) >= 11 is 6.01. The molecule has 0 unspecified atom stereocenters. The maximum Gasteiger partial charge on any atom is 0.342 e. The summed E-state index contributed by atoms with van der Waals surface area (Å²) in [6.45, 7) is 3.59. The molecule has 0 aliphatic heterocycles. The average Bonchev–Trinajstić information content (AvgIpc) is 3.50. The normalized spacial score (nSPS) is 12.8. The minimum absolute atomic E-state index is 0.292. The Hall–Kier alpha value is -2.75. The number of rotatable bonds is 5. The van der Waals surface area contributed by atoms with Crippen LogP contribution >= 0.6 is 38.6 Å². The second-order valence-corrected chi connectivity index (χ2v) is 11.2. The highest BCUT2D eigenvalue weighted by Gasteiger charge is 2.26. The van der Waals surface area contributed by atoms with Crippen molar-refractivity contribution in [2.45, 2.75) is 39.2 Å². The Balaban J connectivity index is 1.51. The second kappa shape index (κ2) is 9.13. The maximum absolute atomic E-state index is 13.3. The number of fused-ring (bicyclic) bond motifs is 2. The Morgan fingerprint density at radius 2 is 1.97 bits per heavy atom. The number of amides is 1. The number of nitrogens with two attached hydrogens (primary N) is 1. The maximum atomic E-state index is 13.3. The van der Waals surface area contributed by atoms with E-state index in [1.54, 1.807) is 13.8 Å². The SMILES string of the molecule is CC(C)OC(=O)c1c(-c2ccc(Br)cc2)csc1NC(=O)c1sc2nc3c(cc2c1N)CCC3. The molecule has 3 aromatic heterocycles. The third-order valence-corrected chi connectivity index (χ3v) is 8.21. The smallest absolute Gasteiger partial charge is 0.342 e. The summed E-state index contributed by atoms with van der Waals surface area (Å²) < 4.78 is 6.44. The number of hydrogen-bond donors (Lipinski definition) is 2. The van der Waals surface area contributed by atoms with E-state index in [-0.39, 0.29) is 12.0 Å². The van der Waals surface area contributed by atoms with E-state index < -0.39 is 5.97 Å². The second-order valence-electron chi connectivity index (χ2n) is 8.41. The van der Waals surface area contributed by atoms with Crippen LogP contribution in [0.25, 0.3) is 21.3 Å². The lowest BCUT2D eigenvalue weighted by Gasteiger charge is -2.11. The Morgan fingerprint density at radius 1 is 1.21 bits per heavy atom. The van der Waals surface area contributed by atoms with Crippen molar-refractivity contribution in [2.75, 3.05) is 11.1 Å². The molecule has 0 saturated carbocycles. The van der Waals surface area contributed by atoms with Gasteiger partial charge in [0.05, 0.1) is 11.8 Å². The summed E-state index contributed by atoms with van der Waals surface area (Å²) in [7, 11) is 0. The zero-order valence-electron chi connectivity index (χ0n) is 18.6. The van der Waals surface area contributed by atoms with Crippen molar-refractivity contribution in [2.24, 2.45) is 0 Å². The number of aryl methyl sites for hydroxylation is 2. The summed E-state index contributed by atoms with van der Waals surface area (Å²) in [4.78, 5) is 32.2. The number of aromatic nitrogens is 1. The zero-order chi connectivity index (χ0) is 24.0. The molecule has 6 nitrogen and oxygen atoms in total. The minimum Gasteiger partial charge on any atom is -0.459 e. The number of esters is 1. The third-order valence-electron chi connectivity index (χ3n) is 5.68. The lowest BCUT2D eigenvalue weighted by molar-refractivity contribution is 0.0380. The number of nitrogens with zero attached hydrogens (tertiary/aromatic N) is 1. The van der Waals surface area contributed by atoms with Crippen LogP contribution in [0.1, 0.15) is 51.6 Å². The Bertz CT molecular complexity index is 1420. The Kier molecular flexibility index (Phi) is 6.18. The van der Waals surface area contributed by atoms with Crippen LogP contribution in [0.2, 0.25) is 0 Å². The number of pyridine rings is 1. The van der Waals surface area contributed by atoms with Crippen LogP contribution < -0.4 is 11.1 Å². The molecule has 1 amide bonds. The molecular formula is C25H22BrN3O3S2. The predicted molar refractivity (Wildman–Crippen MR) is 142 cm³/mol. The van der Waals surface area contributed by atoms with Gasteiger partial charge in [-0.25, -0.2) is 9.78 Å². The molecule has 0 radical (unpaired) electrons. The first-order valence-corrected chi connectivity index (χ1v) is 13.4. The highest BCUT2D eigenvalue weighted by Crippen LogP contribution is 2.39. The molecule has 1 aliphatic carbocycles. The molecule has 3 heterocycles. The third kappa shape index (κ3) is 4.23. The van der Waals surface area contributed by atoms with Gasteiger partial charge in [-0.3, -0.25) is 4.79 Å². The van der Waals surface area contributed by atoms with Gasteiger partial charge in [-0.1, -0.05) is 28.1 Å². The van der Waals surface area contributed by atoms with Gasteiger partial charge in [0, 0.05) is 26.5 Å². The molecule has 1 aliphatic rings. The summed E-state index contributed by atoms with van der Waals surface area (Å²) in [5, 5.41) is 6.02. The molecular weight excluding hydrogens is 534 g/mol. The first-order chi connectivity index (χ1) is 16.3. The molecule has 34 heavy (non-hydrogen) atoms. The predicted octanol–water partition coefficient (Wildman–Crippen LogP) is 6.68. The summed E-state index contributed by atoms with van der Waals surface area (Å²) in [6.07, 6.45) is 2.76. The number of nitrogens with one attached hydrogen (secondary N) is 1. The molecule has 3 N–H and O–H groups in total. The first kappa shape index (κ1) is 23.0. The highest BCUT2D eigenvalue weighted by molar-refractivity contribution is 9.10. The number of benzene rings is 1. The number of hydrogen-bond acceptors (Lipinski definition) is 7. The molecule has 0 saturated heterocycles. The van der Waals surface area contributed by atoms with E-state index in [1.165, 1.54) is 28.2 Å². The molecule has 0 fully saturated rings. The standard InChI is InChI=1S/C25H22BrN3O3S2/c1-12(2)32-25(31)19-17(13-6-8-15(26)9-7-13)11-33-24(19)29-22(30)21-20(27)16-10-14-4-3-5-18(14)28-23(16)34-21/h6-12H,3-5,27H2,1-2H3,(H,29,30). The molecule has 174 valence electrons. The van der Waals surface area contributed by atoms with E-state index >= 15 is 0 Å². The molecule has 0 atom stereocenters. The number of carbonyl (C=O) groups excluding carboxylic acids is 2. The summed E-state index contributed by atoms with van der Waals surface area (Å²) in [5.41, 5.74) is 11.0. The monoisotopic (exact) mass is 555 g/mol. The van der Waals surface area contributed by atoms with Gasteiger partial charge in [0.1, 0.15) is 20.3 Å². The number of halogens is 1. The van der Waals surface area contributed by atoms with Crippen LogP contribution in [0.5, 0.6) is 0 Å². The van der Waals surface area contributed by atoms with E-state index in [0.29, 0.717) is 26.7 Å². The topological polar surface area (TPSA) is 94.3 Å². The van der Waals surface area contributed by atoms with Crippen LogP contribution in [0.3, 0.4) is 0 Å². The van der Waals surface area contributed by atoms with E-state index in [9.17, 15) is 9.59 Å². The summed E-state index contributed by atoms with van der Waals surface area (Å²) in [6, 6.07) is 9.71. The van der Waals surface area contributed by atoms with Gasteiger partial charge in [0.25, 0.3) is 5.91 Å². The molecule has 9 heteroatoms. The fourth-order valence-electron chi connectivity index (χ4n) is 4.09. The van der Waals surface area contributed by atoms with E-state index in [4.69, 9.17) is 15.5 Å². The lowest BCUT2D eigenvalue weighted by Crippen LogP contribution is -2.16. The highest BCUT2D eigenvalue weighted by atomic mass is 79.9. The fourth-order valence-corrected chi connectivity index (χ4v) is 6.30. The minimum atomic E-state index is -0.480. The van der Waals surface area contributed by atoms with Crippen molar-refractivity contribution in [3.05, 3.63) is 61.9 Å². The van der Waals surface area contributed by atoms with Gasteiger partial charge in [0.15, 0.2) is 0 Å². The van der Waals surface area contributed by atoms with Crippen LogP contribution in [0.15, 0.2) is 40.2 Å². The van der Waals surface area contributed by atoms with Crippen LogP contribution in [0.4, 0.5) is 10.7 Å². The van der Waals surface area contributed by atoms with Gasteiger partial charge in [-0.05, 0) is 62.4 Å². The van der Waals surface area contributed by atoms with Crippen LogP contribution in [-0.2, 0) is 17.6 Å². The number of anilines is 2. The quantitative estimate of drug-likeness (QED) is 0.268. The van der Waals surface area contributed by atoms with E-state index in [2.05, 4.69) is 27.3 Å². The zero-order valence-corrected chi connectivity index (χ0v) is 21.8. The number of ether oxygens (including phenoxy) is 1. The molecule has 1 aromatic carbocycles. The largest absolute Gasteiger partial charge is 0.459 e. The van der Waals surface area contributed by atoms with E-state index in [1.807, 2.05) is 29.6 Å². The molecule has 0 spiro atoms. The van der Waals surface area contributed by atoms with Crippen molar-refractivity contribution in [3.8, 4) is 11.1 Å². The van der Waals surface area contributed by atoms with Gasteiger partial charge >= 0.3 is 5.97 Å². The average molecular weight is 557 g/mol. The summed E-state index contributed by atoms with van der Waals surface area (Å²) in [5.74, 6) is -0.838. The van der Waals surface area contributed by atoms with Gasteiger partial charge < -0.3 is 15.8 Å². The Morgan fingerprint density at radius 3 is 2.71 bits per heavy atom. The first-order valence-electron chi connectivity index (χ1n) is 10.9. The van der Waals surface area contributed by atoms with Crippen molar-refractivity contribution in [1.82, 2.24) is 4.98 Å². The molecule has 5 rings (SSSR count). The van der Waals surface area contributed by atoms with Crippen molar-refractivity contribution >= 4 is 71.4 Å². The van der Waals surface area contributed by atoms with Crippen molar-refractivity contribution in [1.29, 1.82) is 0 Å². The van der Waals surface area contributed by atoms with Crippen molar-refractivity contribution in [3.63, 3.8) is 0 Å². The lowest BCUT2D eigenvalue weighted by atomic mass is 10.0. The van der Waals surface area contributed by atoms with Crippen molar-refractivity contribution < 1.29 is 14.3 Å². The molecule has 4 aromatic rings. The number of carbonyl (C=O) groups is 2. The fraction of sp³-hybridized carbons (Fsp3) is 0.240.